The second-order valence-electron chi connectivity index (χ2n) is 4.85. The van der Waals surface area contributed by atoms with Gasteiger partial charge in [0.1, 0.15) is 17.1 Å². The Morgan fingerprint density at radius 2 is 2.25 bits per heavy atom. The monoisotopic (exact) mass is 219 g/mol. The molecule has 0 saturated heterocycles. The highest BCUT2D eigenvalue weighted by Gasteiger charge is 2.44. The zero-order valence-electron chi connectivity index (χ0n) is 9.53. The van der Waals surface area contributed by atoms with E-state index in [0.29, 0.717) is 0 Å². The van der Waals surface area contributed by atoms with Crippen molar-refractivity contribution in [1.29, 1.82) is 0 Å². The minimum atomic E-state index is 0.0266. The third-order valence-corrected chi connectivity index (χ3v) is 3.80. The Labute approximate surface area is 95.5 Å². The highest BCUT2D eigenvalue weighted by molar-refractivity contribution is 5.44. The Balaban J connectivity index is 1.98. The van der Waals surface area contributed by atoms with E-state index in [-0.39, 0.29) is 11.6 Å². The molecule has 2 N–H and O–H groups in total. The predicted molar refractivity (Wildman–Crippen MR) is 61.7 cm³/mol. The van der Waals surface area contributed by atoms with Crippen LogP contribution in [0.15, 0.2) is 18.2 Å². The molecule has 0 amide bonds. The summed E-state index contributed by atoms with van der Waals surface area (Å²) in [4.78, 5) is 0. The lowest BCUT2D eigenvalue weighted by Gasteiger charge is -2.47. The van der Waals surface area contributed by atoms with Crippen LogP contribution >= 0.6 is 0 Å². The molecule has 0 unspecified atom stereocenters. The highest BCUT2D eigenvalue weighted by Crippen LogP contribution is 2.48. The fourth-order valence-electron chi connectivity index (χ4n) is 2.70. The van der Waals surface area contributed by atoms with E-state index in [1.165, 1.54) is 6.42 Å². The summed E-state index contributed by atoms with van der Waals surface area (Å²) in [5, 5.41) is 0. The number of benzene rings is 1. The lowest BCUT2D eigenvalue weighted by atomic mass is 9.73. The summed E-state index contributed by atoms with van der Waals surface area (Å²) in [6.45, 7) is 0. The summed E-state index contributed by atoms with van der Waals surface area (Å²) in [6.07, 6.45) is 4.48. The van der Waals surface area contributed by atoms with E-state index in [1.54, 1.807) is 7.11 Å². The average Bonchev–Trinajstić information content (AvgIpc) is 2.26. The summed E-state index contributed by atoms with van der Waals surface area (Å²) >= 11 is 0. The summed E-state index contributed by atoms with van der Waals surface area (Å²) < 4.78 is 11.3. The first-order chi connectivity index (χ1) is 7.72. The quantitative estimate of drug-likeness (QED) is 0.788. The molecule has 0 radical (unpaired) electrons. The first kappa shape index (κ1) is 9.97. The molecule has 1 atom stereocenters. The van der Waals surface area contributed by atoms with Gasteiger partial charge in [-0.1, -0.05) is 6.07 Å². The van der Waals surface area contributed by atoms with Crippen molar-refractivity contribution >= 4 is 0 Å². The Kier molecular flexibility index (Phi) is 2.11. The number of hydrogen-bond acceptors (Lipinski definition) is 3. The van der Waals surface area contributed by atoms with E-state index >= 15 is 0 Å². The van der Waals surface area contributed by atoms with Crippen molar-refractivity contribution in [2.24, 2.45) is 5.73 Å². The van der Waals surface area contributed by atoms with Gasteiger partial charge in [0.25, 0.3) is 0 Å². The van der Waals surface area contributed by atoms with Crippen molar-refractivity contribution in [1.82, 2.24) is 0 Å². The second-order valence-corrected chi connectivity index (χ2v) is 4.85. The maximum absolute atomic E-state index is 6.20. The molecule has 0 bridgehead atoms. The second kappa shape index (κ2) is 3.39. The number of nitrogens with two attached hydrogens (primary N) is 1. The third kappa shape index (κ3) is 1.39. The lowest BCUT2D eigenvalue weighted by Crippen LogP contribution is -2.48. The van der Waals surface area contributed by atoms with Gasteiger partial charge in [-0.05, 0) is 25.3 Å². The summed E-state index contributed by atoms with van der Waals surface area (Å²) in [6, 6.07) is 6.02. The van der Waals surface area contributed by atoms with Gasteiger partial charge in [0.05, 0.1) is 7.11 Å². The molecule has 3 rings (SSSR count). The third-order valence-electron chi connectivity index (χ3n) is 3.80. The van der Waals surface area contributed by atoms with E-state index in [9.17, 15) is 0 Å². The molecule has 1 spiro atoms. The molecule has 86 valence electrons. The fraction of sp³-hybridized carbons (Fsp3) is 0.538. The standard InChI is InChI=1S/C13H17NO2/c1-15-9-3-4-10-11(14)8-13(5-2-6-13)16-12(10)7-9/h3-4,7,11H,2,5-6,8,14H2,1H3/t11-/m0/s1. The first-order valence-electron chi connectivity index (χ1n) is 5.85. The molecule has 0 aromatic heterocycles. The fourth-order valence-corrected chi connectivity index (χ4v) is 2.70. The smallest absolute Gasteiger partial charge is 0.128 e. The normalized spacial score (nSPS) is 25.5. The minimum Gasteiger partial charge on any atom is -0.497 e. The Morgan fingerprint density at radius 3 is 2.88 bits per heavy atom. The van der Waals surface area contributed by atoms with Gasteiger partial charge in [0, 0.05) is 24.1 Å². The van der Waals surface area contributed by atoms with E-state index < -0.39 is 0 Å². The van der Waals surface area contributed by atoms with Crippen LogP contribution in [0.4, 0.5) is 0 Å². The molecule has 1 aliphatic carbocycles. The van der Waals surface area contributed by atoms with Crippen molar-refractivity contribution in [3.05, 3.63) is 23.8 Å². The van der Waals surface area contributed by atoms with E-state index in [4.69, 9.17) is 15.2 Å². The molecular weight excluding hydrogens is 202 g/mol. The Morgan fingerprint density at radius 1 is 1.44 bits per heavy atom. The summed E-state index contributed by atoms with van der Waals surface area (Å²) in [5.74, 6) is 1.75. The van der Waals surface area contributed by atoms with Gasteiger partial charge in [-0.3, -0.25) is 0 Å². The minimum absolute atomic E-state index is 0.0266. The number of rotatable bonds is 1. The van der Waals surface area contributed by atoms with Gasteiger partial charge >= 0.3 is 0 Å². The lowest BCUT2D eigenvalue weighted by molar-refractivity contribution is -0.0330. The van der Waals surface area contributed by atoms with Crippen LogP contribution in [0.5, 0.6) is 11.5 Å². The predicted octanol–water partition coefficient (Wildman–Crippen LogP) is 2.40. The Hall–Kier alpha value is -1.22. The van der Waals surface area contributed by atoms with E-state index in [0.717, 1.165) is 36.3 Å². The molecule has 1 aromatic rings. The van der Waals surface area contributed by atoms with Gasteiger partial charge in [0.2, 0.25) is 0 Å². The van der Waals surface area contributed by atoms with Crippen molar-refractivity contribution in [3.63, 3.8) is 0 Å². The number of ether oxygens (including phenoxy) is 2. The molecule has 3 nitrogen and oxygen atoms in total. The maximum Gasteiger partial charge on any atom is 0.128 e. The van der Waals surface area contributed by atoms with Crippen molar-refractivity contribution in [3.8, 4) is 11.5 Å². The highest BCUT2D eigenvalue weighted by atomic mass is 16.5. The van der Waals surface area contributed by atoms with Crippen LogP contribution in [-0.4, -0.2) is 12.7 Å². The van der Waals surface area contributed by atoms with Gasteiger partial charge < -0.3 is 15.2 Å². The molecule has 1 fully saturated rings. The van der Waals surface area contributed by atoms with Crippen molar-refractivity contribution in [2.75, 3.05) is 7.11 Å². The molecule has 1 aliphatic heterocycles. The van der Waals surface area contributed by atoms with Gasteiger partial charge in [-0.15, -0.1) is 0 Å². The van der Waals surface area contributed by atoms with Gasteiger partial charge in [0.15, 0.2) is 0 Å². The molecular formula is C13H17NO2. The van der Waals surface area contributed by atoms with Crippen LogP contribution in [-0.2, 0) is 0 Å². The van der Waals surface area contributed by atoms with E-state index in [2.05, 4.69) is 0 Å². The summed E-state index contributed by atoms with van der Waals surface area (Å²) in [7, 11) is 1.67. The van der Waals surface area contributed by atoms with Crippen LogP contribution < -0.4 is 15.2 Å². The molecule has 1 heterocycles. The zero-order chi connectivity index (χ0) is 11.2. The molecule has 3 heteroatoms. The van der Waals surface area contributed by atoms with E-state index in [1.807, 2.05) is 18.2 Å². The number of methoxy groups -OCH3 is 1. The van der Waals surface area contributed by atoms with Crippen molar-refractivity contribution < 1.29 is 9.47 Å². The number of fused-ring (bicyclic) bond motifs is 1. The number of hydrogen-bond donors (Lipinski definition) is 1. The SMILES string of the molecule is COc1ccc2c(c1)OC1(CCC1)C[C@@H]2N. The first-order valence-corrected chi connectivity index (χ1v) is 5.85. The van der Waals surface area contributed by atoms with Crippen LogP contribution in [0, 0.1) is 0 Å². The molecule has 1 saturated carbocycles. The Bertz CT molecular complexity index is 412. The topological polar surface area (TPSA) is 44.5 Å². The molecule has 16 heavy (non-hydrogen) atoms. The molecule has 1 aromatic carbocycles. The van der Waals surface area contributed by atoms with Gasteiger partial charge in [-0.2, -0.15) is 0 Å². The van der Waals surface area contributed by atoms with Crippen LogP contribution in [0.1, 0.15) is 37.3 Å². The van der Waals surface area contributed by atoms with Crippen LogP contribution in [0.2, 0.25) is 0 Å². The molecule has 2 aliphatic rings. The van der Waals surface area contributed by atoms with Crippen molar-refractivity contribution in [2.45, 2.75) is 37.3 Å². The van der Waals surface area contributed by atoms with Crippen LogP contribution in [0.25, 0.3) is 0 Å². The zero-order valence-corrected chi connectivity index (χ0v) is 9.53. The van der Waals surface area contributed by atoms with Crippen LogP contribution in [0.3, 0.4) is 0 Å². The largest absolute Gasteiger partial charge is 0.497 e. The van der Waals surface area contributed by atoms with Gasteiger partial charge in [-0.25, -0.2) is 0 Å². The average molecular weight is 219 g/mol. The summed E-state index contributed by atoms with van der Waals surface area (Å²) in [5.41, 5.74) is 7.34. The maximum atomic E-state index is 6.20.